The first-order valence-corrected chi connectivity index (χ1v) is 5.49. The Morgan fingerprint density at radius 2 is 1.95 bits per heavy atom. The van der Waals surface area contributed by atoms with Crippen molar-refractivity contribution in [3.8, 4) is 17.7 Å². The van der Waals surface area contributed by atoms with Crippen LogP contribution in [0.15, 0.2) is 30.3 Å². The highest BCUT2D eigenvalue weighted by molar-refractivity contribution is 5.41. The normalized spacial score (nSPS) is 10.9. The number of nitriles is 1. The molecule has 0 bridgehead atoms. The number of rotatable bonds is 2. The van der Waals surface area contributed by atoms with Gasteiger partial charge in [0.1, 0.15) is 17.4 Å². The molecular formula is C13H8F3N3O. The quantitative estimate of drug-likeness (QED) is 0.844. The number of aromatic nitrogens is 2. The van der Waals surface area contributed by atoms with Gasteiger partial charge < -0.3 is 4.74 Å². The number of ether oxygens (including phenoxy) is 1. The average molecular weight is 279 g/mol. The van der Waals surface area contributed by atoms with Crippen molar-refractivity contribution >= 4 is 0 Å². The Bertz CT molecular complexity index is 677. The van der Waals surface area contributed by atoms with Gasteiger partial charge in [-0.05, 0) is 31.2 Å². The molecule has 0 saturated heterocycles. The second kappa shape index (κ2) is 5.17. The molecule has 2 aromatic rings. The second-order valence-electron chi connectivity index (χ2n) is 3.94. The summed E-state index contributed by atoms with van der Waals surface area (Å²) in [7, 11) is 0. The van der Waals surface area contributed by atoms with Crippen molar-refractivity contribution in [1.82, 2.24) is 10.2 Å². The first-order chi connectivity index (χ1) is 9.40. The number of benzene rings is 1. The third kappa shape index (κ3) is 3.03. The molecule has 0 aliphatic heterocycles. The third-order valence-corrected chi connectivity index (χ3v) is 2.38. The maximum absolute atomic E-state index is 12.6. The van der Waals surface area contributed by atoms with Crippen LogP contribution in [0.3, 0.4) is 0 Å². The number of halogens is 3. The van der Waals surface area contributed by atoms with Gasteiger partial charge in [0.05, 0.1) is 11.3 Å². The number of hydrogen-bond acceptors (Lipinski definition) is 4. The lowest BCUT2D eigenvalue weighted by atomic mass is 10.2. The largest absolute Gasteiger partial charge is 0.437 e. The molecule has 0 aliphatic carbocycles. The van der Waals surface area contributed by atoms with E-state index in [1.165, 1.54) is 18.2 Å². The van der Waals surface area contributed by atoms with Crippen molar-refractivity contribution in [2.75, 3.05) is 0 Å². The smallest absolute Gasteiger partial charge is 0.416 e. The van der Waals surface area contributed by atoms with E-state index in [9.17, 15) is 13.2 Å². The van der Waals surface area contributed by atoms with Crippen molar-refractivity contribution in [1.29, 1.82) is 5.26 Å². The van der Waals surface area contributed by atoms with Crippen LogP contribution < -0.4 is 4.74 Å². The van der Waals surface area contributed by atoms with E-state index in [0.29, 0.717) is 5.69 Å². The fraction of sp³-hybridized carbons (Fsp3) is 0.154. The van der Waals surface area contributed by atoms with Gasteiger partial charge in [0.15, 0.2) is 0 Å². The van der Waals surface area contributed by atoms with Gasteiger partial charge in [-0.1, -0.05) is 6.07 Å². The van der Waals surface area contributed by atoms with Gasteiger partial charge in [-0.3, -0.25) is 0 Å². The van der Waals surface area contributed by atoms with Gasteiger partial charge in [0, 0.05) is 0 Å². The minimum absolute atomic E-state index is 0.0607. The molecule has 7 heteroatoms. The summed E-state index contributed by atoms with van der Waals surface area (Å²) in [5.74, 6) is -0.188. The molecule has 20 heavy (non-hydrogen) atoms. The summed E-state index contributed by atoms with van der Waals surface area (Å²) in [5, 5.41) is 16.3. The topological polar surface area (TPSA) is 58.8 Å². The standard InChI is InChI=1S/C13H8F3N3O/c1-8-5-9(7-17)12(19-18-8)20-11-4-2-3-10(6-11)13(14,15)16/h2-6H,1H3. The molecule has 1 heterocycles. The lowest BCUT2D eigenvalue weighted by Crippen LogP contribution is -2.05. The van der Waals surface area contributed by atoms with Gasteiger partial charge in [-0.15, -0.1) is 5.10 Å². The summed E-state index contributed by atoms with van der Waals surface area (Å²) >= 11 is 0. The zero-order chi connectivity index (χ0) is 14.8. The summed E-state index contributed by atoms with van der Waals surface area (Å²) in [6.45, 7) is 1.64. The maximum atomic E-state index is 12.6. The van der Waals surface area contributed by atoms with Crippen LogP contribution in [-0.4, -0.2) is 10.2 Å². The van der Waals surface area contributed by atoms with E-state index >= 15 is 0 Å². The maximum Gasteiger partial charge on any atom is 0.416 e. The Morgan fingerprint density at radius 1 is 1.20 bits per heavy atom. The predicted molar refractivity (Wildman–Crippen MR) is 63.0 cm³/mol. The Kier molecular flexibility index (Phi) is 3.57. The Morgan fingerprint density at radius 3 is 2.60 bits per heavy atom. The molecule has 1 aromatic heterocycles. The lowest BCUT2D eigenvalue weighted by molar-refractivity contribution is -0.137. The van der Waals surface area contributed by atoms with Crippen LogP contribution in [0.1, 0.15) is 16.8 Å². The van der Waals surface area contributed by atoms with Gasteiger partial charge in [-0.25, -0.2) is 0 Å². The van der Waals surface area contributed by atoms with Crippen molar-refractivity contribution in [2.45, 2.75) is 13.1 Å². The monoisotopic (exact) mass is 279 g/mol. The molecule has 0 aliphatic rings. The van der Waals surface area contributed by atoms with E-state index in [1.807, 2.05) is 6.07 Å². The zero-order valence-electron chi connectivity index (χ0n) is 10.3. The molecule has 102 valence electrons. The summed E-state index contributed by atoms with van der Waals surface area (Å²) in [5.41, 5.74) is -0.221. The van der Waals surface area contributed by atoms with Crippen LogP contribution in [0.25, 0.3) is 0 Å². The van der Waals surface area contributed by atoms with Gasteiger partial charge in [-0.2, -0.15) is 23.5 Å². The van der Waals surface area contributed by atoms with Gasteiger partial charge in [0.2, 0.25) is 0 Å². The SMILES string of the molecule is Cc1cc(C#N)c(Oc2cccc(C(F)(F)F)c2)nn1. The summed E-state index contributed by atoms with van der Waals surface area (Å²) in [6.07, 6.45) is -4.46. The van der Waals surface area contributed by atoms with Crippen LogP contribution in [0.4, 0.5) is 13.2 Å². The lowest BCUT2D eigenvalue weighted by Gasteiger charge is -2.09. The van der Waals surface area contributed by atoms with E-state index in [1.54, 1.807) is 6.92 Å². The van der Waals surface area contributed by atoms with Gasteiger partial charge >= 0.3 is 6.18 Å². The minimum atomic E-state index is -4.46. The highest BCUT2D eigenvalue weighted by Gasteiger charge is 2.30. The van der Waals surface area contributed by atoms with Crippen LogP contribution in [0.5, 0.6) is 11.6 Å². The van der Waals surface area contributed by atoms with E-state index in [2.05, 4.69) is 10.2 Å². The third-order valence-electron chi connectivity index (χ3n) is 2.38. The van der Waals surface area contributed by atoms with Crippen molar-refractivity contribution in [3.05, 3.63) is 47.2 Å². The Hall–Kier alpha value is -2.62. The Balaban J connectivity index is 2.34. The fourth-order valence-corrected chi connectivity index (χ4v) is 1.48. The van der Waals surface area contributed by atoms with E-state index in [4.69, 9.17) is 10.00 Å². The first kappa shape index (κ1) is 13.8. The molecule has 0 saturated carbocycles. The number of aryl methyl sites for hydroxylation is 1. The van der Waals surface area contributed by atoms with Crippen molar-refractivity contribution in [3.63, 3.8) is 0 Å². The average Bonchev–Trinajstić information content (AvgIpc) is 2.40. The highest BCUT2D eigenvalue weighted by Crippen LogP contribution is 2.32. The van der Waals surface area contributed by atoms with Crippen molar-refractivity contribution < 1.29 is 17.9 Å². The minimum Gasteiger partial charge on any atom is -0.437 e. The second-order valence-corrected chi connectivity index (χ2v) is 3.94. The van der Waals surface area contributed by atoms with Crippen LogP contribution in [-0.2, 0) is 6.18 Å². The molecule has 0 unspecified atom stereocenters. The molecule has 0 radical (unpaired) electrons. The molecular weight excluding hydrogens is 271 g/mol. The number of alkyl halides is 3. The van der Waals surface area contributed by atoms with E-state index in [-0.39, 0.29) is 17.2 Å². The summed E-state index contributed by atoms with van der Waals surface area (Å²) in [4.78, 5) is 0. The van der Waals surface area contributed by atoms with Crippen LogP contribution in [0.2, 0.25) is 0 Å². The molecule has 0 fully saturated rings. The van der Waals surface area contributed by atoms with Crippen LogP contribution in [0, 0.1) is 18.3 Å². The Labute approximate surface area is 112 Å². The molecule has 0 spiro atoms. The van der Waals surface area contributed by atoms with Gasteiger partial charge in [0.25, 0.3) is 5.88 Å². The summed E-state index contributed by atoms with van der Waals surface area (Å²) in [6, 6.07) is 7.62. The fourth-order valence-electron chi connectivity index (χ4n) is 1.48. The highest BCUT2D eigenvalue weighted by atomic mass is 19.4. The molecule has 2 rings (SSSR count). The number of nitrogens with zero attached hydrogens (tertiary/aromatic N) is 3. The van der Waals surface area contributed by atoms with Crippen LogP contribution >= 0.6 is 0 Å². The molecule has 1 aromatic carbocycles. The predicted octanol–water partition coefficient (Wildman–Crippen LogP) is 3.47. The molecule has 4 nitrogen and oxygen atoms in total. The zero-order valence-corrected chi connectivity index (χ0v) is 10.3. The number of hydrogen-bond donors (Lipinski definition) is 0. The summed E-state index contributed by atoms with van der Waals surface area (Å²) < 4.78 is 42.9. The van der Waals surface area contributed by atoms with Crippen molar-refractivity contribution in [2.24, 2.45) is 0 Å². The molecule has 0 N–H and O–H groups in total. The first-order valence-electron chi connectivity index (χ1n) is 5.49. The molecule has 0 amide bonds. The van der Waals surface area contributed by atoms with E-state index in [0.717, 1.165) is 12.1 Å². The molecule has 0 atom stereocenters. The van der Waals surface area contributed by atoms with E-state index < -0.39 is 11.7 Å².